The third-order valence-corrected chi connectivity index (χ3v) is 4.30. The Hall–Kier alpha value is -1.34. The lowest BCUT2D eigenvalue weighted by Crippen LogP contribution is -2.23. The van der Waals surface area contributed by atoms with E-state index in [1.807, 2.05) is 44.2 Å². The van der Waals surface area contributed by atoms with E-state index < -0.39 is 0 Å². The van der Waals surface area contributed by atoms with Gasteiger partial charge in [0.2, 0.25) is 0 Å². The molecule has 0 aliphatic heterocycles. The second-order valence-electron chi connectivity index (χ2n) is 4.93. The van der Waals surface area contributed by atoms with Gasteiger partial charge in [-0.1, -0.05) is 0 Å². The Bertz CT molecular complexity index is 710. The van der Waals surface area contributed by atoms with Gasteiger partial charge in [0, 0.05) is 19.2 Å². The fourth-order valence-corrected chi connectivity index (χ4v) is 2.83. The zero-order chi connectivity index (χ0) is 16.1. The molecule has 0 N–H and O–H groups in total. The molecule has 0 amide bonds. The van der Waals surface area contributed by atoms with Crippen LogP contribution >= 0.6 is 22.6 Å². The molecule has 0 aliphatic rings. The Morgan fingerprint density at radius 1 is 1.18 bits per heavy atom. The van der Waals surface area contributed by atoms with Crippen LogP contribution in [0.3, 0.4) is 0 Å². The zero-order valence-electron chi connectivity index (χ0n) is 13.1. The lowest BCUT2D eigenvalue weighted by atomic mass is 10.0. The van der Waals surface area contributed by atoms with E-state index in [1.54, 1.807) is 11.7 Å². The minimum atomic E-state index is 0.0559. The summed E-state index contributed by atoms with van der Waals surface area (Å²) in [6, 6.07) is 9.80. The SMILES string of the molecule is CCn1c(-c2ccc(OCCOC)cc2C)ccc(I)c1=O. The molecule has 1 aromatic carbocycles. The van der Waals surface area contributed by atoms with Crippen LogP contribution in [-0.4, -0.2) is 24.9 Å². The van der Waals surface area contributed by atoms with Gasteiger partial charge in [-0.2, -0.15) is 0 Å². The van der Waals surface area contributed by atoms with Crippen molar-refractivity contribution in [2.75, 3.05) is 20.3 Å². The van der Waals surface area contributed by atoms with Crippen LogP contribution in [0, 0.1) is 10.5 Å². The molecule has 0 atom stereocenters. The summed E-state index contributed by atoms with van der Waals surface area (Å²) in [7, 11) is 1.65. The summed E-state index contributed by atoms with van der Waals surface area (Å²) in [4.78, 5) is 12.3. The fourth-order valence-electron chi connectivity index (χ4n) is 2.36. The van der Waals surface area contributed by atoms with Crippen molar-refractivity contribution >= 4 is 22.6 Å². The molecule has 0 bridgehead atoms. The van der Waals surface area contributed by atoms with Crippen LogP contribution in [-0.2, 0) is 11.3 Å². The number of ether oxygens (including phenoxy) is 2. The average Bonchev–Trinajstić information content (AvgIpc) is 2.51. The van der Waals surface area contributed by atoms with Crippen LogP contribution in [0.1, 0.15) is 12.5 Å². The van der Waals surface area contributed by atoms with Crippen molar-refractivity contribution < 1.29 is 9.47 Å². The van der Waals surface area contributed by atoms with E-state index in [-0.39, 0.29) is 5.56 Å². The first kappa shape index (κ1) is 17.0. The van der Waals surface area contributed by atoms with E-state index in [0.717, 1.165) is 26.1 Å². The molecule has 5 heteroatoms. The van der Waals surface area contributed by atoms with E-state index in [9.17, 15) is 4.79 Å². The largest absolute Gasteiger partial charge is 0.491 e. The van der Waals surface area contributed by atoms with Gasteiger partial charge in [0.05, 0.1) is 15.9 Å². The number of hydrogen-bond acceptors (Lipinski definition) is 3. The third kappa shape index (κ3) is 3.70. The molecule has 0 radical (unpaired) electrons. The standard InChI is InChI=1S/C17H20INO3/c1-4-19-16(8-7-15(18)17(19)20)14-6-5-13(11-12(14)2)22-10-9-21-3/h5-8,11H,4,9-10H2,1-3H3. The van der Waals surface area contributed by atoms with Crippen LogP contribution in [0.4, 0.5) is 0 Å². The number of halogens is 1. The molecule has 118 valence electrons. The van der Waals surface area contributed by atoms with Gasteiger partial charge in [0.15, 0.2) is 0 Å². The number of benzene rings is 1. The van der Waals surface area contributed by atoms with Gasteiger partial charge < -0.3 is 14.0 Å². The maximum absolute atomic E-state index is 12.3. The van der Waals surface area contributed by atoms with Gasteiger partial charge in [-0.25, -0.2) is 0 Å². The molecule has 1 heterocycles. The number of pyridine rings is 1. The Balaban J connectivity index is 2.38. The van der Waals surface area contributed by atoms with Crippen molar-refractivity contribution in [2.24, 2.45) is 0 Å². The molecule has 0 fully saturated rings. The molecular formula is C17H20INO3. The summed E-state index contributed by atoms with van der Waals surface area (Å²) in [6.07, 6.45) is 0. The molecule has 1 aromatic heterocycles. The number of hydrogen-bond donors (Lipinski definition) is 0. The van der Waals surface area contributed by atoms with Crippen LogP contribution in [0.5, 0.6) is 5.75 Å². The summed E-state index contributed by atoms with van der Waals surface area (Å²) < 4.78 is 13.1. The lowest BCUT2D eigenvalue weighted by molar-refractivity contribution is 0.146. The summed E-state index contributed by atoms with van der Waals surface area (Å²) >= 11 is 2.08. The summed E-state index contributed by atoms with van der Waals surface area (Å²) in [6.45, 7) is 5.75. The maximum atomic E-state index is 12.3. The minimum Gasteiger partial charge on any atom is -0.491 e. The van der Waals surface area contributed by atoms with Crippen LogP contribution in [0.2, 0.25) is 0 Å². The van der Waals surface area contributed by atoms with Gasteiger partial charge >= 0.3 is 0 Å². The summed E-state index contributed by atoms with van der Waals surface area (Å²) in [5.41, 5.74) is 3.13. The first-order valence-electron chi connectivity index (χ1n) is 7.20. The average molecular weight is 413 g/mol. The molecule has 0 unspecified atom stereocenters. The Kier molecular flexibility index (Phi) is 6.02. The molecule has 0 saturated heterocycles. The van der Waals surface area contributed by atoms with Crippen LogP contribution in [0.25, 0.3) is 11.3 Å². The zero-order valence-corrected chi connectivity index (χ0v) is 15.2. The molecule has 0 aliphatic carbocycles. The van der Waals surface area contributed by atoms with Crippen molar-refractivity contribution in [3.05, 3.63) is 49.8 Å². The molecule has 22 heavy (non-hydrogen) atoms. The van der Waals surface area contributed by atoms with E-state index in [1.165, 1.54) is 0 Å². The minimum absolute atomic E-state index is 0.0559. The Labute approximate surface area is 144 Å². The van der Waals surface area contributed by atoms with Gasteiger partial charge in [0.1, 0.15) is 12.4 Å². The second-order valence-corrected chi connectivity index (χ2v) is 6.10. The fraction of sp³-hybridized carbons (Fsp3) is 0.353. The molecule has 2 aromatic rings. The molecule has 4 nitrogen and oxygen atoms in total. The summed E-state index contributed by atoms with van der Waals surface area (Å²) in [5, 5.41) is 0. The smallest absolute Gasteiger partial charge is 0.264 e. The van der Waals surface area contributed by atoms with E-state index in [4.69, 9.17) is 9.47 Å². The number of rotatable bonds is 6. The van der Waals surface area contributed by atoms with Crippen molar-refractivity contribution in [3.63, 3.8) is 0 Å². The van der Waals surface area contributed by atoms with Crippen molar-refractivity contribution in [3.8, 4) is 17.0 Å². The predicted molar refractivity (Wildman–Crippen MR) is 96.6 cm³/mol. The highest BCUT2D eigenvalue weighted by atomic mass is 127. The quantitative estimate of drug-likeness (QED) is 0.538. The second kappa shape index (κ2) is 7.78. The van der Waals surface area contributed by atoms with Crippen molar-refractivity contribution in [1.29, 1.82) is 0 Å². The number of methoxy groups -OCH3 is 1. The Morgan fingerprint density at radius 3 is 2.59 bits per heavy atom. The monoisotopic (exact) mass is 413 g/mol. The van der Waals surface area contributed by atoms with Gasteiger partial charge in [-0.15, -0.1) is 0 Å². The highest BCUT2D eigenvalue weighted by Gasteiger charge is 2.10. The topological polar surface area (TPSA) is 40.5 Å². The summed E-state index contributed by atoms with van der Waals surface area (Å²) in [5.74, 6) is 0.814. The number of aryl methyl sites for hydroxylation is 1. The molecule has 0 saturated carbocycles. The van der Waals surface area contributed by atoms with Gasteiger partial charge in [-0.05, 0) is 72.3 Å². The number of nitrogens with zero attached hydrogens (tertiary/aromatic N) is 1. The predicted octanol–water partition coefficient (Wildman–Crippen LogP) is 3.47. The lowest BCUT2D eigenvalue weighted by Gasteiger charge is -2.15. The first-order valence-corrected chi connectivity index (χ1v) is 8.28. The van der Waals surface area contributed by atoms with Gasteiger partial charge in [0.25, 0.3) is 5.56 Å². The van der Waals surface area contributed by atoms with E-state index >= 15 is 0 Å². The van der Waals surface area contributed by atoms with Gasteiger partial charge in [-0.3, -0.25) is 4.79 Å². The van der Waals surface area contributed by atoms with Crippen LogP contribution < -0.4 is 10.3 Å². The van der Waals surface area contributed by atoms with E-state index in [2.05, 4.69) is 22.6 Å². The van der Waals surface area contributed by atoms with E-state index in [0.29, 0.717) is 19.8 Å². The molecular weight excluding hydrogens is 393 g/mol. The highest BCUT2D eigenvalue weighted by Crippen LogP contribution is 2.26. The van der Waals surface area contributed by atoms with Crippen molar-refractivity contribution in [1.82, 2.24) is 4.57 Å². The molecule has 2 rings (SSSR count). The van der Waals surface area contributed by atoms with Crippen molar-refractivity contribution in [2.45, 2.75) is 20.4 Å². The van der Waals surface area contributed by atoms with Crippen LogP contribution in [0.15, 0.2) is 35.1 Å². The third-order valence-electron chi connectivity index (χ3n) is 3.47. The maximum Gasteiger partial charge on any atom is 0.264 e. The number of aromatic nitrogens is 1. The normalized spacial score (nSPS) is 10.7. The Morgan fingerprint density at radius 2 is 1.95 bits per heavy atom. The first-order chi connectivity index (χ1) is 10.6. The highest BCUT2D eigenvalue weighted by molar-refractivity contribution is 14.1. The molecule has 0 spiro atoms.